The maximum absolute atomic E-state index is 13.5. The van der Waals surface area contributed by atoms with E-state index in [1.165, 1.54) is 32.1 Å². The molecule has 6 nitrogen and oxygen atoms in total. The second-order valence-corrected chi connectivity index (χ2v) is 13.0. The summed E-state index contributed by atoms with van der Waals surface area (Å²) in [5.74, 6) is -0.113. The molecule has 0 heterocycles. The van der Waals surface area contributed by atoms with Crippen LogP contribution in [0, 0.1) is 12.8 Å². The molecule has 0 radical (unpaired) electrons. The van der Waals surface area contributed by atoms with Crippen LogP contribution in [0.15, 0.2) is 42.5 Å². The molecule has 1 aliphatic carbocycles. The van der Waals surface area contributed by atoms with E-state index >= 15 is 0 Å². The SMILES string of the molecule is CSCCC(NC(=O)c1ccc([C@@H](OC(C)CC2CCCCC2)OC(C)(C)C)cc1-c1ccccc1C)C(=O)O. The molecule has 2 aromatic carbocycles. The number of carbonyl (C=O) groups is 2. The van der Waals surface area contributed by atoms with Crippen molar-refractivity contribution in [1.29, 1.82) is 0 Å². The van der Waals surface area contributed by atoms with Gasteiger partial charge < -0.3 is 19.9 Å². The number of nitrogens with one attached hydrogen (secondary N) is 1. The lowest BCUT2D eigenvalue weighted by molar-refractivity contribution is -0.220. The Morgan fingerprint density at radius 3 is 2.40 bits per heavy atom. The summed E-state index contributed by atoms with van der Waals surface area (Å²) in [7, 11) is 0. The average Bonchev–Trinajstić information content (AvgIpc) is 2.90. The van der Waals surface area contributed by atoms with Gasteiger partial charge in [0.15, 0.2) is 6.29 Å². The molecule has 1 saturated carbocycles. The van der Waals surface area contributed by atoms with Crippen molar-refractivity contribution < 1.29 is 24.2 Å². The van der Waals surface area contributed by atoms with Crippen molar-refractivity contribution in [2.75, 3.05) is 12.0 Å². The van der Waals surface area contributed by atoms with Crippen molar-refractivity contribution in [3.05, 3.63) is 59.2 Å². The second-order valence-electron chi connectivity index (χ2n) is 12.0. The number of benzene rings is 2. The molecule has 7 heteroatoms. The van der Waals surface area contributed by atoms with Gasteiger partial charge in [-0.15, -0.1) is 0 Å². The van der Waals surface area contributed by atoms with Crippen LogP contribution in [-0.2, 0) is 14.3 Å². The number of amides is 1. The Balaban J connectivity index is 1.97. The van der Waals surface area contributed by atoms with Gasteiger partial charge in [-0.05, 0) is 94.2 Å². The van der Waals surface area contributed by atoms with Crippen LogP contribution < -0.4 is 5.32 Å². The lowest BCUT2D eigenvalue weighted by Crippen LogP contribution is -2.41. The third-order valence-corrected chi connectivity index (χ3v) is 8.06. The van der Waals surface area contributed by atoms with Crippen molar-refractivity contribution in [2.45, 2.75) is 104 Å². The van der Waals surface area contributed by atoms with Crippen LogP contribution in [0.3, 0.4) is 0 Å². The van der Waals surface area contributed by atoms with E-state index in [1.54, 1.807) is 17.8 Å². The van der Waals surface area contributed by atoms with Gasteiger partial charge >= 0.3 is 5.97 Å². The molecule has 0 saturated heterocycles. The van der Waals surface area contributed by atoms with E-state index in [4.69, 9.17) is 9.47 Å². The second kappa shape index (κ2) is 15.0. The minimum atomic E-state index is -1.03. The summed E-state index contributed by atoms with van der Waals surface area (Å²) >= 11 is 1.55. The summed E-state index contributed by atoms with van der Waals surface area (Å²) in [5, 5.41) is 12.4. The van der Waals surface area contributed by atoms with Crippen molar-refractivity contribution >= 4 is 23.6 Å². The van der Waals surface area contributed by atoms with E-state index in [0.717, 1.165) is 28.7 Å². The number of aliphatic carboxylic acids is 1. The Labute approximate surface area is 244 Å². The minimum Gasteiger partial charge on any atom is -0.480 e. The Morgan fingerprint density at radius 2 is 1.77 bits per heavy atom. The number of aryl methyl sites for hydroxylation is 1. The highest BCUT2D eigenvalue weighted by Gasteiger charge is 2.28. The number of carboxylic acid groups (broad SMARTS) is 1. The number of hydrogen-bond donors (Lipinski definition) is 2. The van der Waals surface area contributed by atoms with E-state index < -0.39 is 29.8 Å². The Hall–Kier alpha value is -2.35. The van der Waals surface area contributed by atoms with Crippen molar-refractivity contribution in [1.82, 2.24) is 5.32 Å². The Kier molecular flexibility index (Phi) is 12.1. The molecule has 40 heavy (non-hydrogen) atoms. The van der Waals surface area contributed by atoms with E-state index in [-0.39, 0.29) is 6.10 Å². The summed E-state index contributed by atoms with van der Waals surface area (Å²) in [5.41, 5.74) is 3.48. The molecule has 0 spiro atoms. The van der Waals surface area contributed by atoms with Crippen LogP contribution in [0.4, 0.5) is 0 Å². The summed E-state index contributed by atoms with van der Waals surface area (Å²) in [6, 6.07) is 12.6. The predicted octanol–water partition coefficient (Wildman–Crippen LogP) is 7.79. The number of ether oxygens (including phenoxy) is 2. The van der Waals surface area contributed by atoms with Gasteiger partial charge in [-0.25, -0.2) is 4.79 Å². The van der Waals surface area contributed by atoms with Crippen molar-refractivity contribution in [3.63, 3.8) is 0 Å². The summed E-state index contributed by atoms with van der Waals surface area (Å²) in [6.07, 6.45) is 9.13. The summed E-state index contributed by atoms with van der Waals surface area (Å²) in [6.45, 7) is 10.2. The fourth-order valence-corrected chi connectivity index (χ4v) is 5.86. The number of hydrogen-bond acceptors (Lipinski definition) is 5. The third kappa shape index (κ3) is 9.64. The zero-order valence-corrected chi connectivity index (χ0v) is 25.8. The zero-order chi connectivity index (χ0) is 29.3. The van der Waals surface area contributed by atoms with Crippen LogP contribution in [0.25, 0.3) is 11.1 Å². The average molecular weight is 570 g/mol. The maximum Gasteiger partial charge on any atom is 0.326 e. The molecule has 2 N–H and O–H groups in total. The standard InChI is InChI=1S/C33H47NO5S/c1-22-12-10-11-15-26(22)28-21-25(16-17-27(28)30(35)34-29(31(36)37)18-19-40-6)32(39-33(3,4)5)38-23(2)20-24-13-8-7-9-14-24/h10-12,15-17,21,23-24,29,32H,7-9,13-14,18-20H2,1-6H3,(H,34,35)(H,36,37)/t23?,29?,32-/m0/s1. The molecule has 1 fully saturated rings. The van der Waals surface area contributed by atoms with Gasteiger partial charge in [0.05, 0.1) is 11.7 Å². The van der Waals surface area contributed by atoms with Gasteiger partial charge in [0, 0.05) is 11.1 Å². The largest absolute Gasteiger partial charge is 0.480 e. The van der Waals surface area contributed by atoms with E-state index in [9.17, 15) is 14.7 Å². The van der Waals surface area contributed by atoms with Crippen molar-refractivity contribution in [3.8, 4) is 11.1 Å². The Bertz CT molecular complexity index is 1120. The monoisotopic (exact) mass is 569 g/mol. The topological polar surface area (TPSA) is 84.9 Å². The zero-order valence-electron chi connectivity index (χ0n) is 25.0. The van der Waals surface area contributed by atoms with Gasteiger partial charge in [-0.1, -0.05) is 62.4 Å². The third-order valence-electron chi connectivity index (χ3n) is 7.42. The first-order chi connectivity index (χ1) is 19.0. The number of carbonyl (C=O) groups excluding carboxylic acids is 1. The molecule has 1 aliphatic rings. The van der Waals surface area contributed by atoms with Crippen LogP contribution in [0.5, 0.6) is 0 Å². The van der Waals surface area contributed by atoms with Gasteiger partial charge in [-0.2, -0.15) is 11.8 Å². The fraction of sp³-hybridized carbons (Fsp3) is 0.576. The number of rotatable bonds is 13. The predicted molar refractivity (Wildman–Crippen MR) is 164 cm³/mol. The first-order valence-electron chi connectivity index (χ1n) is 14.5. The molecule has 0 bridgehead atoms. The van der Waals surface area contributed by atoms with Crippen LogP contribution in [-0.4, -0.2) is 46.7 Å². The molecule has 220 valence electrons. The smallest absolute Gasteiger partial charge is 0.326 e. The van der Waals surface area contributed by atoms with E-state index in [2.05, 4.69) is 12.2 Å². The molecular formula is C33H47NO5S. The molecule has 0 aromatic heterocycles. The van der Waals surface area contributed by atoms with Gasteiger partial charge in [-0.3, -0.25) is 4.79 Å². The van der Waals surface area contributed by atoms with Crippen molar-refractivity contribution in [2.24, 2.45) is 5.92 Å². The fourth-order valence-electron chi connectivity index (χ4n) is 5.39. The van der Waals surface area contributed by atoms with Gasteiger partial charge in [0.1, 0.15) is 6.04 Å². The van der Waals surface area contributed by atoms with Crippen LogP contribution in [0.1, 0.15) is 100 Å². The summed E-state index contributed by atoms with van der Waals surface area (Å²) < 4.78 is 13.0. The Morgan fingerprint density at radius 1 is 1.07 bits per heavy atom. The molecule has 2 aromatic rings. The van der Waals surface area contributed by atoms with E-state index in [0.29, 0.717) is 23.7 Å². The minimum absolute atomic E-state index is 0.0214. The van der Waals surface area contributed by atoms with E-state index in [1.807, 2.05) is 70.3 Å². The quantitative estimate of drug-likeness (QED) is 0.240. The number of thioether (sulfide) groups is 1. The molecule has 1 amide bonds. The first-order valence-corrected chi connectivity index (χ1v) is 15.9. The molecule has 2 unspecified atom stereocenters. The maximum atomic E-state index is 13.5. The lowest BCUT2D eigenvalue weighted by Gasteiger charge is -2.32. The number of carboxylic acids is 1. The highest BCUT2D eigenvalue weighted by atomic mass is 32.2. The molecular weight excluding hydrogens is 522 g/mol. The summed E-state index contributed by atoms with van der Waals surface area (Å²) in [4.78, 5) is 25.3. The molecule has 3 rings (SSSR count). The van der Waals surface area contributed by atoms with Crippen LogP contribution >= 0.6 is 11.8 Å². The highest BCUT2D eigenvalue weighted by Crippen LogP contribution is 2.35. The molecule has 3 atom stereocenters. The first kappa shape index (κ1) is 32.2. The highest BCUT2D eigenvalue weighted by molar-refractivity contribution is 7.98. The van der Waals surface area contributed by atoms with Crippen LogP contribution in [0.2, 0.25) is 0 Å². The lowest BCUT2D eigenvalue weighted by atomic mass is 9.85. The van der Waals surface area contributed by atoms with Gasteiger partial charge in [0.25, 0.3) is 5.91 Å². The van der Waals surface area contributed by atoms with Gasteiger partial charge in [0.2, 0.25) is 0 Å². The molecule has 0 aliphatic heterocycles. The normalized spacial score (nSPS) is 16.8.